The highest BCUT2D eigenvalue weighted by molar-refractivity contribution is 7.91. The lowest BCUT2D eigenvalue weighted by molar-refractivity contribution is -0.114. The Hall–Kier alpha value is -1.10. The van der Waals surface area contributed by atoms with Gasteiger partial charge in [-0.15, -0.1) is 10.2 Å². The third-order valence-electron chi connectivity index (χ3n) is 2.41. The summed E-state index contributed by atoms with van der Waals surface area (Å²) in [6.07, 6.45) is 0.461. The van der Waals surface area contributed by atoms with Gasteiger partial charge in [-0.25, -0.2) is 13.1 Å². The first-order valence-electron chi connectivity index (χ1n) is 6.35. The first-order valence-corrected chi connectivity index (χ1v) is 8.65. The number of aromatic nitrogens is 2. The molecule has 120 valence electrons. The molecular weight excluding hydrogens is 316 g/mol. The summed E-state index contributed by atoms with van der Waals surface area (Å²) in [6.45, 7) is 6.61. The van der Waals surface area contributed by atoms with Crippen LogP contribution in [0.15, 0.2) is 4.34 Å². The number of nitrogens with zero attached hydrogens (tertiary/aromatic N) is 2. The largest absolute Gasteiger partial charge is 0.389 e. The van der Waals surface area contributed by atoms with E-state index in [0.29, 0.717) is 6.42 Å². The Morgan fingerprint density at radius 2 is 2.05 bits per heavy atom. The van der Waals surface area contributed by atoms with Crippen LogP contribution >= 0.6 is 11.3 Å². The Bertz CT molecular complexity index is 595. The van der Waals surface area contributed by atoms with E-state index in [1.54, 1.807) is 6.92 Å². The van der Waals surface area contributed by atoms with Crippen LogP contribution in [-0.2, 0) is 14.8 Å². The lowest BCUT2D eigenvalue weighted by Crippen LogP contribution is -2.41. The molecule has 1 rings (SSSR count). The van der Waals surface area contributed by atoms with Gasteiger partial charge in [0.05, 0.1) is 5.60 Å². The van der Waals surface area contributed by atoms with E-state index in [9.17, 15) is 18.3 Å². The summed E-state index contributed by atoms with van der Waals surface area (Å²) in [5.41, 5.74) is -1.15. The van der Waals surface area contributed by atoms with E-state index >= 15 is 0 Å². The van der Waals surface area contributed by atoms with Crippen molar-refractivity contribution in [1.29, 1.82) is 0 Å². The maximum atomic E-state index is 12.0. The second kappa shape index (κ2) is 6.77. The molecule has 0 radical (unpaired) electrons. The van der Waals surface area contributed by atoms with Gasteiger partial charge in [0.25, 0.3) is 10.0 Å². The van der Waals surface area contributed by atoms with Gasteiger partial charge in [-0.05, 0) is 19.3 Å². The molecule has 0 aromatic carbocycles. The number of nitrogens with one attached hydrogen (secondary N) is 2. The first kappa shape index (κ1) is 18.0. The van der Waals surface area contributed by atoms with Crippen molar-refractivity contribution >= 4 is 32.4 Å². The minimum atomic E-state index is -3.86. The van der Waals surface area contributed by atoms with Crippen molar-refractivity contribution in [3.8, 4) is 0 Å². The Morgan fingerprint density at radius 1 is 1.43 bits per heavy atom. The average Bonchev–Trinajstić information content (AvgIpc) is 2.73. The van der Waals surface area contributed by atoms with Gasteiger partial charge in [0.1, 0.15) is 0 Å². The van der Waals surface area contributed by atoms with E-state index in [1.807, 2.05) is 13.8 Å². The third-order valence-corrected chi connectivity index (χ3v) is 5.02. The number of hydrogen-bond donors (Lipinski definition) is 3. The Kier molecular flexibility index (Phi) is 5.79. The lowest BCUT2D eigenvalue weighted by atomic mass is 9.95. The molecule has 1 heterocycles. The number of anilines is 1. The molecule has 0 aliphatic heterocycles. The first-order chi connectivity index (χ1) is 9.52. The molecule has 1 unspecified atom stereocenters. The molecule has 0 saturated carbocycles. The van der Waals surface area contributed by atoms with E-state index < -0.39 is 15.6 Å². The molecule has 8 nitrogen and oxygen atoms in total. The lowest BCUT2D eigenvalue weighted by Gasteiger charge is -2.25. The Labute approximate surface area is 128 Å². The Balaban J connectivity index is 2.73. The van der Waals surface area contributed by atoms with Gasteiger partial charge in [0.2, 0.25) is 15.4 Å². The Morgan fingerprint density at radius 3 is 2.57 bits per heavy atom. The standard InChI is InChI=1S/C11H20N4O4S2/c1-7(2)5-11(4,17)6-12-21(18,19)10-15-14-9(20-10)13-8(3)16/h7,12,17H,5-6H2,1-4H3,(H,13,14,16). The van der Waals surface area contributed by atoms with Gasteiger partial charge in [-0.3, -0.25) is 4.79 Å². The van der Waals surface area contributed by atoms with Crippen molar-refractivity contribution in [1.82, 2.24) is 14.9 Å². The summed E-state index contributed by atoms with van der Waals surface area (Å²) < 4.78 is 26.1. The van der Waals surface area contributed by atoms with Crippen molar-refractivity contribution in [2.75, 3.05) is 11.9 Å². The van der Waals surface area contributed by atoms with Crippen LogP contribution in [-0.4, -0.2) is 41.8 Å². The summed E-state index contributed by atoms with van der Waals surface area (Å²) in [7, 11) is -3.86. The zero-order chi connectivity index (χ0) is 16.3. The van der Waals surface area contributed by atoms with Crippen molar-refractivity contribution in [3.05, 3.63) is 0 Å². The molecule has 21 heavy (non-hydrogen) atoms. The van der Waals surface area contributed by atoms with Gasteiger partial charge in [0, 0.05) is 13.5 Å². The molecule has 0 fully saturated rings. The molecule has 3 N–H and O–H groups in total. The van der Waals surface area contributed by atoms with Crippen molar-refractivity contribution < 1.29 is 18.3 Å². The van der Waals surface area contributed by atoms with Crippen LogP contribution in [0.3, 0.4) is 0 Å². The molecule has 0 saturated heterocycles. The number of rotatable bonds is 7. The molecule has 1 amide bonds. The molecular formula is C11H20N4O4S2. The topological polar surface area (TPSA) is 121 Å². The smallest absolute Gasteiger partial charge is 0.269 e. The summed E-state index contributed by atoms with van der Waals surface area (Å²) in [5, 5.41) is 19.7. The number of carbonyl (C=O) groups is 1. The number of amides is 1. The zero-order valence-corrected chi connectivity index (χ0v) is 14.0. The molecule has 0 aliphatic carbocycles. The quantitative estimate of drug-likeness (QED) is 0.626. The number of carbonyl (C=O) groups excluding carboxylic acids is 1. The maximum absolute atomic E-state index is 12.0. The van der Waals surface area contributed by atoms with Crippen LogP contribution in [0.25, 0.3) is 0 Å². The van der Waals surface area contributed by atoms with E-state index in [0.717, 1.165) is 11.3 Å². The van der Waals surface area contributed by atoms with Crippen LogP contribution in [0.1, 0.15) is 34.1 Å². The van der Waals surface area contributed by atoms with Crippen LogP contribution in [0.2, 0.25) is 0 Å². The zero-order valence-electron chi connectivity index (χ0n) is 12.4. The predicted octanol–water partition coefficient (Wildman–Crippen LogP) is 0.572. The van der Waals surface area contributed by atoms with E-state index in [4.69, 9.17) is 0 Å². The van der Waals surface area contributed by atoms with Crippen LogP contribution in [0.4, 0.5) is 5.13 Å². The number of aliphatic hydroxyl groups is 1. The second-order valence-corrected chi connectivity index (χ2v) is 8.39. The third kappa shape index (κ3) is 6.04. The molecule has 0 bridgehead atoms. The summed E-state index contributed by atoms with van der Waals surface area (Å²) >= 11 is 0.746. The van der Waals surface area contributed by atoms with E-state index in [-0.39, 0.29) is 27.8 Å². The van der Waals surface area contributed by atoms with Gasteiger partial charge in [-0.1, -0.05) is 25.2 Å². The van der Waals surface area contributed by atoms with Crippen LogP contribution in [0, 0.1) is 5.92 Å². The highest BCUT2D eigenvalue weighted by Crippen LogP contribution is 2.21. The van der Waals surface area contributed by atoms with Crippen molar-refractivity contribution in [2.24, 2.45) is 5.92 Å². The fraction of sp³-hybridized carbons (Fsp3) is 0.727. The van der Waals surface area contributed by atoms with Gasteiger partial charge in [0.15, 0.2) is 0 Å². The van der Waals surface area contributed by atoms with Gasteiger partial charge in [-0.2, -0.15) is 0 Å². The summed E-state index contributed by atoms with van der Waals surface area (Å²) in [6, 6.07) is 0. The number of hydrogen-bond acceptors (Lipinski definition) is 7. The van der Waals surface area contributed by atoms with E-state index in [2.05, 4.69) is 20.2 Å². The second-order valence-electron chi connectivity index (χ2n) is 5.47. The highest BCUT2D eigenvalue weighted by atomic mass is 32.2. The highest BCUT2D eigenvalue weighted by Gasteiger charge is 2.27. The molecule has 10 heteroatoms. The maximum Gasteiger partial charge on any atom is 0.269 e. The average molecular weight is 336 g/mol. The van der Waals surface area contributed by atoms with Crippen molar-refractivity contribution in [2.45, 2.75) is 44.1 Å². The predicted molar refractivity (Wildman–Crippen MR) is 79.5 cm³/mol. The minimum absolute atomic E-state index is 0.108. The molecule has 0 spiro atoms. The van der Waals surface area contributed by atoms with Crippen LogP contribution in [0.5, 0.6) is 0 Å². The number of sulfonamides is 1. The fourth-order valence-corrected chi connectivity index (χ4v) is 3.93. The van der Waals surface area contributed by atoms with Crippen molar-refractivity contribution in [3.63, 3.8) is 0 Å². The SMILES string of the molecule is CC(=O)Nc1nnc(S(=O)(=O)NCC(C)(O)CC(C)C)s1. The summed E-state index contributed by atoms with van der Waals surface area (Å²) in [5.74, 6) is -0.125. The fourth-order valence-electron chi connectivity index (χ4n) is 1.78. The monoisotopic (exact) mass is 336 g/mol. The molecule has 1 aromatic rings. The van der Waals surface area contributed by atoms with Crippen LogP contribution < -0.4 is 10.0 Å². The normalized spacial score (nSPS) is 15.0. The molecule has 1 atom stereocenters. The molecule has 1 aromatic heterocycles. The summed E-state index contributed by atoms with van der Waals surface area (Å²) in [4.78, 5) is 10.9. The van der Waals surface area contributed by atoms with Gasteiger partial charge >= 0.3 is 0 Å². The van der Waals surface area contributed by atoms with Gasteiger partial charge < -0.3 is 10.4 Å². The molecule has 0 aliphatic rings. The minimum Gasteiger partial charge on any atom is -0.389 e. The van der Waals surface area contributed by atoms with E-state index in [1.165, 1.54) is 6.92 Å².